The highest BCUT2D eigenvalue weighted by atomic mass is 35.5. The third kappa shape index (κ3) is 4.65. The predicted molar refractivity (Wildman–Crippen MR) is 104 cm³/mol. The van der Waals surface area contributed by atoms with Crippen LogP contribution in [0.4, 0.5) is 10.2 Å². The highest BCUT2D eigenvalue weighted by Crippen LogP contribution is 2.26. The number of ether oxygens (including phenoxy) is 2. The van der Waals surface area contributed by atoms with Gasteiger partial charge in [-0.2, -0.15) is 9.97 Å². The van der Waals surface area contributed by atoms with Gasteiger partial charge in [-0.25, -0.2) is 4.39 Å². The Morgan fingerprint density at radius 3 is 2.59 bits per heavy atom. The molecule has 3 rings (SSSR count). The van der Waals surface area contributed by atoms with Gasteiger partial charge in [0.1, 0.15) is 17.4 Å². The molecule has 0 aliphatic heterocycles. The molecule has 7 heteroatoms. The molecule has 0 saturated heterocycles. The Morgan fingerprint density at radius 1 is 1.04 bits per heavy atom. The van der Waals surface area contributed by atoms with Crippen LogP contribution in [0.2, 0.25) is 5.02 Å². The van der Waals surface area contributed by atoms with Gasteiger partial charge in [-0.15, -0.1) is 0 Å². The average Bonchev–Trinajstić information content (AvgIpc) is 2.70. The lowest BCUT2D eigenvalue weighted by Crippen LogP contribution is -2.09. The molecule has 0 bridgehead atoms. The summed E-state index contributed by atoms with van der Waals surface area (Å²) in [5.74, 6) is 0.988. The van der Waals surface area contributed by atoms with Gasteiger partial charge in [0.15, 0.2) is 0 Å². The van der Waals surface area contributed by atoms with Crippen molar-refractivity contribution in [1.29, 1.82) is 0 Å². The fourth-order valence-corrected chi connectivity index (χ4v) is 2.88. The summed E-state index contributed by atoms with van der Waals surface area (Å²) in [5.41, 5.74) is 2.03. The van der Waals surface area contributed by atoms with Crippen LogP contribution in [-0.2, 0) is 6.42 Å². The monoisotopic (exact) mass is 387 g/mol. The smallest absolute Gasteiger partial charge is 0.318 e. The van der Waals surface area contributed by atoms with E-state index in [4.69, 9.17) is 21.1 Å². The minimum Gasteiger partial charge on any atom is -0.497 e. The summed E-state index contributed by atoms with van der Waals surface area (Å²) in [7, 11) is 3.12. The molecule has 1 aromatic heterocycles. The first-order valence-corrected chi connectivity index (χ1v) is 8.72. The van der Waals surface area contributed by atoms with Crippen molar-refractivity contribution in [1.82, 2.24) is 9.97 Å². The van der Waals surface area contributed by atoms with Crippen molar-refractivity contribution in [3.63, 3.8) is 0 Å². The molecule has 5 nitrogen and oxygen atoms in total. The quantitative estimate of drug-likeness (QED) is 0.641. The standard InChI is InChI=1S/C20H19ClFN3O2/c1-26-14-6-3-5-13(11-14)18-12-19(25-20(24-18)27-2)23-10-9-15-16(21)7-4-8-17(15)22/h3-8,11-12H,9-10H2,1-2H3,(H,23,24,25). The second kappa shape index (κ2) is 8.68. The van der Waals surface area contributed by atoms with E-state index >= 15 is 0 Å². The summed E-state index contributed by atoms with van der Waals surface area (Å²) < 4.78 is 24.3. The Hall–Kier alpha value is -2.86. The summed E-state index contributed by atoms with van der Waals surface area (Å²) in [6, 6.07) is 14.3. The van der Waals surface area contributed by atoms with Crippen LogP contribution >= 0.6 is 11.6 Å². The van der Waals surface area contributed by atoms with E-state index < -0.39 is 0 Å². The van der Waals surface area contributed by atoms with Crippen molar-refractivity contribution >= 4 is 17.4 Å². The van der Waals surface area contributed by atoms with E-state index in [2.05, 4.69) is 15.3 Å². The van der Waals surface area contributed by atoms with E-state index in [-0.39, 0.29) is 11.8 Å². The van der Waals surface area contributed by atoms with Gasteiger partial charge in [-0.3, -0.25) is 0 Å². The number of aromatic nitrogens is 2. The first-order chi connectivity index (χ1) is 13.1. The highest BCUT2D eigenvalue weighted by Gasteiger charge is 2.10. The second-order valence-corrected chi connectivity index (χ2v) is 6.14. The fourth-order valence-electron chi connectivity index (χ4n) is 2.62. The topological polar surface area (TPSA) is 56.3 Å². The Kier molecular flexibility index (Phi) is 6.08. The molecule has 0 radical (unpaired) electrons. The van der Waals surface area contributed by atoms with E-state index in [9.17, 15) is 4.39 Å². The molecule has 1 heterocycles. The molecule has 0 aliphatic rings. The molecule has 27 heavy (non-hydrogen) atoms. The summed E-state index contributed by atoms with van der Waals surface area (Å²) in [4.78, 5) is 8.68. The van der Waals surface area contributed by atoms with Crippen LogP contribution in [0.5, 0.6) is 11.8 Å². The van der Waals surface area contributed by atoms with Crippen molar-refractivity contribution in [2.24, 2.45) is 0 Å². The average molecular weight is 388 g/mol. The van der Waals surface area contributed by atoms with Crippen molar-refractivity contribution in [3.05, 3.63) is 64.9 Å². The maximum Gasteiger partial charge on any atom is 0.318 e. The molecule has 0 saturated carbocycles. The molecule has 140 valence electrons. The zero-order valence-corrected chi connectivity index (χ0v) is 15.8. The van der Waals surface area contributed by atoms with Gasteiger partial charge in [0, 0.05) is 28.8 Å². The van der Waals surface area contributed by atoms with Gasteiger partial charge in [-0.05, 0) is 30.7 Å². The van der Waals surface area contributed by atoms with Crippen LogP contribution in [0.15, 0.2) is 48.5 Å². The maximum absolute atomic E-state index is 13.9. The van der Waals surface area contributed by atoms with Gasteiger partial charge in [0.05, 0.1) is 19.9 Å². The number of anilines is 1. The van der Waals surface area contributed by atoms with E-state index in [1.807, 2.05) is 24.3 Å². The zero-order chi connectivity index (χ0) is 19.2. The minimum absolute atomic E-state index is 0.238. The first kappa shape index (κ1) is 18.9. The zero-order valence-electron chi connectivity index (χ0n) is 15.0. The lowest BCUT2D eigenvalue weighted by molar-refractivity contribution is 0.381. The molecule has 0 unspecified atom stereocenters. The Labute approximate surface area is 162 Å². The number of hydrogen-bond donors (Lipinski definition) is 1. The van der Waals surface area contributed by atoms with Gasteiger partial charge in [0.25, 0.3) is 0 Å². The van der Waals surface area contributed by atoms with Crippen LogP contribution in [0, 0.1) is 5.82 Å². The fraction of sp³-hybridized carbons (Fsp3) is 0.200. The third-order valence-corrected chi connectivity index (χ3v) is 4.35. The van der Waals surface area contributed by atoms with Crippen molar-refractivity contribution in [2.75, 3.05) is 26.1 Å². The summed E-state index contributed by atoms with van der Waals surface area (Å²) in [5, 5.41) is 3.58. The normalized spacial score (nSPS) is 10.5. The SMILES string of the molecule is COc1cccc(-c2cc(NCCc3c(F)cccc3Cl)nc(OC)n2)c1. The molecule has 0 aliphatic carbocycles. The molecule has 0 fully saturated rings. The molecule has 3 aromatic rings. The number of rotatable bonds is 7. The minimum atomic E-state index is -0.318. The van der Waals surface area contributed by atoms with Crippen LogP contribution < -0.4 is 14.8 Å². The van der Waals surface area contributed by atoms with Crippen LogP contribution in [0.25, 0.3) is 11.3 Å². The van der Waals surface area contributed by atoms with E-state index in [0.29, 0.717) is 35.1 Å². The van der Waals surface area contributed by atoms with Gasteiger partial charge < -0.3 is 14.8 Å². The highest BCUT2D eigenvalue weighted by molar-refractivity contribution is 6.31. The number of nitrogens with one attached hydrogen (secondary N) is 1. The van der Waals surface area contributed by atoms with Gasteiger partial charge >= 0.3 is 6.01 Å². The molecule has 2 aromatic carbocycles. The van der Waals surface area contributed by atoms with Crippen LogP contribution in [-0.4, -0.2) is 30.7 Å². The van der Waals surface area contributed by atoms with Crippen LogP contribution in [0.1, 0.15) is 5.56 Å². The van der Waals surface area contributed by atoms with E-state index in [1.54, 1.807) is 25.3 Å². The number of methoxy groups -OCH3 is 2. The van der Waals surface area contributed by atoms with Crippen LogP contribution in [0.3, 0.4) is 0 Å². The molecule has 0 amide bonds. The molecule has 0 spiro atoms. The van der Waals surface area contributed by atoms with E-state index in [1.165, 1.54) is 13.2 Å². The first-order valence-electron chi connectivity index (χ1n) is 8.35. The summed E-state index contributed by atoms with van der Waals surface area (Å²) in [6.07, 6.45) is 0.423. The summed E-state index contributed by atoms with van der Waals surface area (Å²) in [6.45, 7) is 0.457. The lowest BCUT2D eigenvalue weighted by atomic mass is 10.1. The molecular weight excluding hydrogens is 369 g/mol. The Bertz CT molecular complexity index is 917. The van der Waals surface area contributed by atoms with E-state index in [0.717, 1.165) is 11.3 Å². The second-order valence-electron chi connectivity index (χ2n) is 5.73. The molecule has 1 N–H and O–H groups in total. The molecular formula is C20H19ClFN3O2. The van der Waals surface area contributed by atoms with Gasteiger partial charge in [0.2, 0.25) is 0 Å². The number of halogens is 2. The van der Waals surface area contributed by atoms with Crippen molar-refractivity contribution in [2.45, 2.75) is 6.42 Å². The third-order valence-electron chi connectivity index (χ3n) is 4.00. The number of hydrogen-bond acceptors (Lipinski definition) is 5. The van der Waals surface area contributed by atoms with Crippen molar-refractivity contribution < 1.29 is 13.9 Å². The summed E-state index contributed by atoms with van der Waals surface area (Å²) >= 11 is 6.07. The molecule has 0 atom stereocenters. The largest absolute Gasteiger partial charge is 0.497 e. The maximum atomic E-state index is 13.9. The number of nitrogens with zero attached hydrogens (tertiary/aromatic N) is 2. The predicted octanol–water partition coefficient (Wildman–Crippen LogP) is 4.61. The van der Waals surface area contributed by atoms with Crippen molar-refractivity contribution in [3.8, 4) is 23.0 Å². The van der Waals surface area contributed by atoms with Gasteiger partial charge in [-0.1, -0.05) is 29.8 Å². The Balaban J connectivity index is 1.79. The lowest BCUT2D eigenvalue weighted by Gasteiger charge is -2.11. The Morgan fingerprint density at radius 2 is 1.85 bits per heavy atom. The number of benzene rings is 2.